The minimum atomic E-state index is -0.266. The monoisotopic (exact) mass is 447 g/mol. The molecule has 1 aromatic heterocycles. The molecule has 1 N–H and O–H groups in total. The average molecular weight is 448 g/mol. The summed E-state index contributed by atoms with van der Waals surface area (Å²) >= 11 is 1.43. The van der Waals surface area contributed by atoms with E-state index in [4.69, 9.17) is 9.47 Å². The second-order valence-corrected chi connectivity index (χ2v) is 8.42. The number of hydrogen-bond donors (Lipinski definition) is 1. The van der Waals surface area contributed by atoms with Crippen LogP contribution in [0.1, 0.15) is 54.0 Å². The summed E-state index contributed by atoms with van der Waals surface area (Å²) in [5.74, 6) is 0.274. The standard InChI is InChI=1S/C23H33N3O4S/c1-5-7-15-30-20-11-9-19(10-12-20)22(28)26(13-8-14-29-6-2)16-21(27)25-23-24-17(3)18(4)31-23/h9-12H,5-8,13-16H2,1-4H3,(H,24,25,27). The molecule has 0 radical (unpaired) electrons. The maximum Gasteiger partial charge on any atom is 0.254 e. The van der Waals surface area contributed by atoms with Crippen LogP contribution in [0.2, 0.25) is 0 Å². The number of amides is 2. The Bertz CT molecular complexity index is 816. The van der Waals surface area contributed by atoms with Crippen LogP contribution < -0.4 is 10.1 Å². The first kappa shape index (κ1) is 24.8. The summed E-state index contributed by atoms with van der Waals surface area (Å²) in [6, 6.07) is 7.07. The molecule has 0 spiro atoms. The van der Waals surface area contributed by atoms with Gasteiger partial charge in [-0.25, -0.2) is 4.98 Å². The van der Waals surface area contributed by atoms with E-state index in [0.717, 1.165) is 29.2 Å². The number of unbranched alkanes of at least 4 members (excludes halogenated alkanes) is 1. The molecule has 2 amide bonds. The topological polar surface area (TPSA) is 80.8 Å². The Morgan fingerprint density at radius 3 is 2.45 bits per heavy atom. The van der Waals surface area contributed by atoms with E-state index in [1.54, 1.807) is 29.2 Å². The number of carbonyl (C=O) groups is 2. The van der Waals surface area contributed by atoms with Gasteiger partial charge in [-0.15, -0.1) is 11.3 Å². The SMILES string of the molecule is CCCCOc1ccc(C(=O)N(CCCOCC)CC(=O)Nc2nc(C)c(C)s2)cc1. The van der Waals surface area contributed by atoms with Crippen LogP contribution in [0.15, 0.2) is 24.3 Å². The highest BCUT2D eigenvalue weighted by atomic mass is 32.1. The largest absolute Gasteiger partial charge is 0.494 e. The summed E-state index contributed by atoms with van der Waals surface area (Å²) in [4.78, 5) is 32.6. The number of benzene rings is 1. The molecule has 0 fully saturated rings. The van der Waals surface area contributed by atoms with Gasteiger partial charge in [0.05, 0.1) is 12.3 Å². The summed E-state index contributed by atoms with van der Waals surface area (Å²) in [5, 5.41) is 3.35. The van der Waals surface area contributed by atoms with E-state index in [2.05, 4.69) is 17.2 Å². The molecule has 0 saturated heterocycles. The second-order valence-electron chi connectivity index (χ2n) is 7.21. The third-order valence-corrected chi connectivity index (χ3v) is 5.67. The molecule has 31 heavy (non-hydrogen) atoms. The molecule has 2 rings (SSSR count). The van der Waals surface area contributed by atoms with Gasteiger partial charge in [0, 0.05) is 30.2 Å². The van der Waals surface area contributed by atoms with Crippen molar-refractivity contribution in [2.45, 2.75) is 47.0 Å². The van der Waals surface area contributed by atoms with Gasteiger partial charge in [-0.2, -0.15) is 0 Å². The second kappa shape index (κ2) is 13.1. The van der Waals surface area contributed by atoms with E-state index in [9.17, 15) is 9.59 Å². The summed E-state index contributed by atoms with van der Waals surface area (Å²) in [5.41, 5.74) is 1.42. The van der Waals surface area contributed by atoms with Crippen molar-refractivity contribution in [2.75, 3.05) is 38.2 Å². The van der Waals surface area contributed by atoms with Crippen LogP contribution in [0.25, 0.3) is 0 Å². The predicted molar refractivity (Wildman–Crippen MR) is 124 cm³/mol. The zero-order valence-electron chi connectivity index (χ0n) is 18.9. The van der Waals surface area contributed by atoms with E-state index in [1.165, 1.54) is 11.3 Å². The fraction of sp³-hybridized carbons (Fsp3) is 0.522. The van der Waals surface area contributed by atoms with Crippen molar-refractivity contribution in [3.05, 3.63) is 40.4 Å². The number of anilines is 1. The molecule has 0 bridgehead atoms. The van der Waals surface area contributed by atoms with Crippen molar-refractivity contribution in [2.24, 2.45) is 0 Å². The van der Waals surface area contributed by atoms with Crippen LogP contribution in [0.5, 0.6) is 5.75 Å². The lowest BCUT2D eigenvalue weighted by Gasteiger charge is -2.22. The molecule has 1 aromatic carbocycles. The minimum Gasteiger partial charge on any atom is -0.494 e. The molecule has 8 heteroatoms. The highest BCUT2D eigenvalue weighted by Crippen LogP contribution is 2.21. The van der Waals surface area contributed by atoms with E-state index in [1.807, 2.05) is 20.8 Å². The van der Waals surface area contributed by atoms with Crippen LogP contribution in [0.3, 0.4) is 0 Å². The van der Waals surface area contributed by atoms with E-state index in [-0.39, 0.29) is 18.4 Å². The van der Waals surface area contributed by atoms with Gasteiger partial charge in [0.2, 0.25) is 5.91 Å². The van der Waals surface area contributed by atoms with Gasteiger partial charge in [-0.05, 0) is 57.9 Å². The van der Waals surface area contributed by atoms with Gasteiger partial charge in [0.1, 0.15) is 12.3 Å². The lowest BCUT2D eigenvalue weighted by Crippen LogP contribution is -2.39. The number of hydrogen-bond acceptors (Lipinski definition) is 6. The van der Waals surface area contributed by atoms with Gasteiger partial charge >= 0.3 is 0 Å². The highest BCUT2D eigenvalue weighted by molar-refractivity contribution is 7.15. The maximum atomic E-state index is 13.1. The number of aromatic nitrogens is 1. The highest BCUT2D eigenvalue weighted by Gasteiger charge is 2.20. The Hall–Kier alpha value is -2.45. The zero-order valence-corrected chi connectivity index (χ0v) is 19.7. The number of nitrogens with one attached hydrogen (secondary N) is 1. The lowest BCUT2D eigenvalue weighted by atomic mass is 10.2. The molecule has 0 aliphatic heterocycles. The van der Waals surface area contributed by atoms with Crippen molar-refractivity contribution in [3.8, 4) is 5.75 Å². The molecule has 0 atom stereocenters. The van der Waals surface area contributed by atoms with E-state index >= 15 is 0 Å². The first-order chi connectivity index (χ1) is 14.9. The normalized spacial score (nSPS) is 10.7. The molecule has 1 heterocycles. The summed E-state index contributed by atoms with van der Waals surface area (Å²) in [6.45, 7) is 10.1. The van der Waals surface area contributed by atoms with Crippen molar-refractivity contribution in [1.29, 1.82) is 0 Å². The Morgan fingerprint density at radius 2 is 1.84 bits per heavy atom. The van der Waals surface area contributed by atoms with Crippen LogP contribution in [-0.4, -0.2) is 54.6 Å². The van der Waals surface area contributed by atoms with Crippen LogP contribution in [0.4, 0.5) is 5.13 Å². The quantitative estimate of drug-likeness (QED) is 0.459. The Morgan fingerprint density at radius 1 is 1.10 bits per heavy atom. The molecule has 0 aliphatic carbocycles. The molecule has 0 aliphatic rings. The number of rotatable bonds is 13. The first-order valence-corrected chi connectivity index (χ1v) is 11.6. The molecule has 0 saturated carbocycles. The number of thiazole rings is 1. The maximum absolute atomic E-state index is 13.1. The van der Waals surface area contributed by atoms with Crippen LogP contribution in [0, 0.1) is 13.8 Å². The molecular formula is C23H33N3O4S. The number of nitrogens with zero attached hydrogens (tertiary/aromatic N) is 2. The molecule has 7 nitrogen and oxygen atoms in total. The Kier molecular flexibility index (Phi) is 10.5. The van der Waals surface area contributed by atoms with Gasteiger partial charge in [0.25, 0.3) is 5.91 Å². The zero-order chi connectivity index (χ0) is 22.6. The van der Waals surface area contributed by atoms with Gasteiger partial charge in [-0.1, -0.05) is 13.3 Å². The average Bonchev–Trinajstić information content (AvgIpc) is 3.07. The van der Waals surface area contributed by atoms with Crippen LogP contribution >= 0.6 is 11.3 Å². The summed E-state index contributed by atoms with van der Waals surface area (Å²) < 4.78 is 11.0. The summed E-state index contributed by atoms with van der Waals surface area (Å²) in [7, 11) is 0. The van der Waals surface area contributed by atoms with Gasteiger partial charge in [-0.3, -0.25) is 9.59 Å². The molecule has 170 valence electrons. The third-order valence-electron chi connectivity index (χ3n) is 4.69. The van der Waals surface area contributed by atoms with Crippen molar-refractivity contribution in [3.63, 3.8) is 0 Å². The molecule has 0 unspecified atom stereocenters. The van der Waals surface area contributed by atoms with Gasteiger partial charge < -0.3 is 19.7 Å². The third kappa shape index (κ3) is 8.30. The number of aryl methyl sites for hydroxylation is 2. The van der Waals surface area contributed by atoms with Crippen molar-refractivity contribution in [1.82, 2.24) is 9.88 Å². The fourth-order valence-electron chi connectivity index (χ4n) is 2.82. The van der Waals surface area contributed by atoms with Crippen molar-refractivity contribution < 1.29 is 19.1 Å². The summed E-state index contributed by atoms with van der Waals surface area (Å²) in [6.07, 6.45) is 2.71. The molecule has 2 aromatic rings. The number of ether oxygens (including phenoxy) is 2. The van der Waals surface area contributed by atoms with E-state index < -0.39 is 0 Å². The number of carbonyl (C=O) groups excluding carboxylic acids is 2. The van der Waals surface area contributed by atoms with Crippen LogP contribution in [-0.2, 0) is 9.53 Å². The van der Waals surface area contributed by atoms with Gasteiger partial charge in [0.15, 0.2) is 5.13 Å². The Labute approximate surface area is 188 Å². The molecular weight excluding hydrogens is 414 g/mol. The minimum absolute atomic E-state index is 0.0443. The fourth-order valence-corrected chi connectivity index (χ4v) is 3.65. The lowest BCUT2D eigenvalue weighted by molar-refractivity contribution is -0.116. The van der Waals surface area contributed by atoms with E-state index in [0.29, 0.717) is 43.5 Å². The Balaban J connectivity index is 2.02. The van der Waals surface area contributed by atoms with Crippen molar-refractivity contribution >= 4 is 28.3 Å². The smallest absolute Gasteiger partial charge is 0.254 e. The first-order valence-electron chi connectivity index (χ1n) is 10.8. The predicted octanol–water partition coefficient (Wildman–Crippen LogP) is 4.45.